The molecule has 1 amide bonds. The van der Waals surface area contributed by atoms with Crippen molar-refractivity contribution in [1.29, 1.82) is 0 Å². The quantitative estimate of drug-likeness (QED) is 0.166. The van der Waals surface area contributed by atoms with Crippen molar-refractivity contribution in [2.75, 3.05) is 5.75 Å². The molecule has 10 heteroatoms. The summed E-state index contributed by atoms with van der Waals surface area (Å²) in [6.07, 6.45) is -3.12. The zero-order valence-corrected chi connectivity index (χ0v) is 21.8. The Morgan fingerprint density at radius 3 is 2.16 bits per heavy atom. The van der Waals surface area contributed by atoms with E-state index in [-0.39, 0.29) is 11.2 Å². The maximum Gasteiger partial charge on any atom is 0.416 e. The van der Waals surface area contributed by atoms with E-state index in [1.807, 2.05) is 47.0 Å². The van der Waals surface area contributed by atoms with Crippen molar-refractivity contribution in [3.8, 4) is 17.1 Å². The molecule has 1 aromatic heterocycles. The van der Waals surface area contributed by atoms with E-state index in [9.17, 15) is 18.0 Å². The largest absolute Gasteiger partial charge is 0.416 e. The number of nitrogens with zero attached hydrogens (tertiary/aromatic N) is 4. The summed E-state index contributed by atoms with van der Waals surface area (Å²) in [7, 11) is 0. The highest BCUT2D eigenvalue weighted by Gasteiger charge is 2.29. The first-order valence-electron chi connectivity index (χ1n) is 11.8. The second-order valence-corrected chi connectivity index (χ2v) is 10.4. The summed E-state index contributed by atoms with van der Waals surface area (Å²) in [4.78, 5) is 12.4. The van der Waals surface area contributed by atoms with Crippen LogP contribution in [0.4, 0.5) is 13.2 Å². The SMILES string of the molecule is CC(C)(C)c1ccc(-c2nnc(SCC(=O)N/N=C/c3ccc(C(F)(F)F)cc3)n2-c2ccccc2)cc1. The molecular weight excluding hydrogens is 511 g/mol. The lowest BCUT2D eigenvalue weighted by Crippen LogP contribution is -2.20. The van der Waals surface area contributed by atoms with Gasteiger partial charge >= 0.3 is 6.18 Å². The van der Waals surface area contributed by atoms with Crippen LogP contribution in [-0.2, 0) is 16.4 Å². The Balaban J connectivity index is 1.47. The average molecular weight is 538 g/mol. The first kappa shape index (κ1) is 27.1. The predicted molar refractivity (Wildman–Crippen MR) is 143 cm³/mol. The summed E-state index contributed by atoms with van der Waals surface area (Å²) in [5.74, 6) is 0.273. The van der Waals surface area contributed by atoms with E-state index in [2.05, 4.69) is 53.6 Å². The number of halogens is 3. The van der Waals surface area contributed by atoms with E-state index in [0.29, 0.717) is 16.5 Å². The Kier molecular flexibility index (Phi) is 8.01. The molecule has 3 aromatic carbocycles. The second-order valence-electron chi connectivity index (χ2n) is 9.51. The Hall–Kier alpha value is -3.92. The zero-order chi connectivity index (χ0) is 27.3. The number of carbonyl (C=O) groups is 1. The van der Waals surface area contributed by atoms with Gasteiger partial charge in [-0.15, -0.1) is 10.2 Å². The molecule has 0 fully saturated rings. The fourth-order valence-electron chi connectivity index (χ4n) is 3.58. The third kappa shape index (κ3) is 6.69. The van der Waals surface area contributed by atoms with Gasteiger partial charge in [0.2, 0.25) is 0 Å². The smallest absolute Gasteiger partial charge is 0.272 e. The number of carbonyl (C=O) groups excluding carboxylic acids is 1. The molecular formula is C28H26F3N5OS. The molecule has 0 atom stereocenters. The standard InChI is InChI=1S/C28H26F3N5OS/c1-27(2,3)21-15-11-20(12-16-21)25-34-35-26(36(25)23-7-5-4-6-8-23)38-18-24(37)33-32-17-19-9-13-22(14-10-19)28(29,30)31/h4-17H,18H2,1-3H3,(H,33,37)/b32-17+. The number of aromatic nitrogens is 3. The van der Waals surface area contributed by atoms with Gasteiger partial charge in [0, 0.05) is 11.3 Å². The summed E-state index contributed by atoms with van der Waals surface area (Å²) in [5, 5.41) is 13.1. The number of benzene rings is 3. The van der Waals surface area contributed by atoms with E-state index in [4.69, 9.17) is 0 Å². The van der Waals surface area contributed by atoms with Gasteiger partial charge in [-0.2, -0.15) is 18.3 Å². The normalized spacial score (nSPS) is 12.2. The molecule has 6 nitrogen and oxygen atoms in total. The first-order chi connectivity index (χ1) is 18.0. The number of hydrazone groups is 1. The van der Waals surface area contributed by atoms with Crippen LogP contribution in [0.25, 0.3) is 17.1 Å². The molecule has 0 spiro atoms. The fraction of sp³-hybridized carbons (Fsp3) is 0.214. The lowest BCUT2D eigenvalue weighted by molar-refractivity contribution is -0.137. The highest BCUT2D eigenvalue weighted by molar-refractivity contribution is 7.99. The molecule has 0 bridgehead atoms. The highest BCUT2D eigenvalue weighted by Crippen LogP contribution is 2.30. The molecule has 0 saturated carbocycles. The predicted octanol–water partition coefficient (Wildman–Crippen LogP) is 6.49. The average Bonchev–Trinajstić information content (AvgIpc) is 3.31. The lowest BCUT2D eigenvalue weighted by Gasteiger charge is -2.19. The number of thioether (sulfide) groups is 1. The third-order valence-corrected chi connectivity index (χ3v) is 6.56. The Bertz CT molecular complexity index is 1410. The number of hydrogen-bond donors (Lipinski definition) is 1. The van der Waals surface area contributed by atoms with Crippen LogP contribution in [0.5, 0.6) is 0 Å². The number of hydrogen-bond acceptors (Lipinski definition) is 5. The van der Waals surface area contributed by atoms with E-state index in [1.54, 1.807) is 0 Å². The van der Waals surface area contributed by atoms with Gasteiger partial charge in [0.25, 0.3) is 5.91 Å². The van der Waals surface area contributed by atoms with Gasteiger partial charge in [0.15, 0.2) is 11.0 Å². The van der Waals surface area contributed by atoms with Crippen LogP contribution in [0, 0.1) is 0 Å². The third-order valence-electron chi connectivity index (χ3n) is 5.63. The van der Waals surface area contributed by atoms with Crippen molar-refractivity contribution in [3.05, 3.63) is 95.6 Å². The van der Waals surface area contributed by atoms with Crippen molar-refractivity contribution in [2.45, 2.75) is 37.5 Å². The van der Waals surface area contributed by atoms with Gasteiger partial charge in [0.05, 0.1) is 17.5 Å². The van der Waals surface area contributed by atoms with E-state index in [0.717, 1.165) is 23.4 Å². The molecule has 0 aliphatic rings. The van der Waals surface area contributed by atoms with Crippen molar-refractivity contribution in [3.63, 3.8) is 0 Å². The molecule has 4 rings (SSSR count). The minimum atomic E-state index is -4.41. The molecule has 0 aliphatic carbocycles. The summed E-state index contributed by atoms with van der Waals surface area (Å²) in [6, 6.07) is 22.3. The number of amides is 1. The number of alkyl halides is 3. The molecule has 38 heavy (non-hydrogen) atoms. The van der Waals surface area contributed by atoms with Crippen LogP contribution < -0.4 is 5.43 Å². The van der Waals surface area contributed by atoms with Gasteiger partial charge in [-0.3, -0.25) is 9.36 Å². The van der Waals surface area contributed by atoms with Crippen LogP contribution >= 0.6 is 11.8 Å². The molecule has 0 unspecified atom stereocenters. The molecule has 1 N–H and O–H groups in total. The van der Waals surface area contributed by atoms with Crippen LogP contribution in [0.1, 0.15) is 37.5 Å². The van der Waals surface area contributed by atoms with Gasteiger partial charge in [0.1, 0.15) is 0 Å². The summed E-state index contributed by atoms with van der Waals surface area (Å²) >= 11 is 1.20. The Morgan fingerprint density at radius 1 is 0.921 bits per heavy atom. The van der Waals surface area contributed by atoms with E-state index < -0.39 is 17.6 Å². The van der Waals surface area contributed by atoms with Crippen molar-refractivity contribution < 1.29 is 18.0 Å². The molecule has 0 saturated heterocycles. The molecule has 0 radical (unpaired) electrons. The lowest BCUT2D eigenvalue weighted by atomic mass is 9.87. The topological polar surface area (TPSA) is 72.2 Å². The molecule has 4 aromatic rings. The van der Waals surface area contributed by atoms with Gasteiger partial charge in [-0.25, -0.2) is 5.43 Å². The van der Waals surface area contributed by atoms with Crippen LogP contribution in [0.15, 0.2) is 89.1 Å². The molecule has 0 aliphatic heterocycles. The van der Waals surface area contributed by atoms with Crippen molar-refractivity contribution in [2.24, 2.45) is 5.10 Å². The van der Waals surface area contributed by atoms with E-state index >= 15 is 0 Å². The summed E-state index contributed by atoms with van der Waals surface area (Å²) in [6.45, 7) is 6.46. The van der Waals surface area contributed by atoms with Crippen molar-refractivity contribution in [1.82, 2.24) is 20.2 Å². The molecule has 1 heterocycles. The van der Waals surface area contributed by atoms with Crippen LogP contribution in [0.2, 0.25) is 0 Å². The van der Waals surface area contributed by atoms with Gasteiger partial charge in [-0.1, -0.05) is 87.1 Å². The number of para-hydroxylation sites is 1. The zero-order valence-electron chi connectivity index (χ0n) is 21.0. The maximum absolute atomic E-state index is 12.7. The maximum atomic E-state index is 12.7. The Morgan fingerprint density at radius 2 is 1.55 bits per heavy atom. The number of nitrogens with one attached hydrogen (secondary N) is 1. The fourth-order valence-corrected chi connectivity index (χ4v) is 4.32. The monoisotopic (exact) mass is 537 g/mol. The second kappa shape index (κ2) is 11.2. The highest BCUT2D eigenvalue weighted by atomic mass is 32.2. The minimum absolute atomic E-state index is 0.0122. The summed E-state index contributed by atoms with van der Waals surface area (Å²) < 4.78 is 40.0. The van der Waals surface area contributed by atoms with Gasteiger partial charge < -0.3 is 0 Å². The molecule has 196 valence electrons. The van der Waals surface area contributed by atoms with Crippen molar-refractivity contribution >= 4 is 23.9 Å². The minimum Gasteiger partial charge on any atom is -0.272 e. The van der Waals surface area contributed by atoms with Gasteiger partial charge in [-0.05, 0) is 40.8 Å². The number of rotatable bonds is 7. The summed E-state index contributed by atoms with van der Waals surface area (Å²) in [5.41, 5.74) is 5.05. The van der Waals surface area contributed by atoms with Crippen LogP contribution in [0.3, 0.4) is 0 Å². The van der Waals surface area contributed by atoms with E-state index in [1.165, 1.54) is 35.7 Å². The van der Waals surface area contributed by atoms with Crippen LogP contribution in [-0.4, -0.2) is 32.6 Å². The first-order valence-corrected chi connectivity index (χ1v) is 12.7. The Labute approximate surface area is 223 Å².